The number of benzene rings is 1. The Morgan fingerprint density at radius 3 is 2.85 bits per heavy atom. The second-order valence-electron chi connectivity index (χ2n) is 4.31. The highest BCUT2D eigenvalue weighted by atomic mass is 79.9. The summed E-state index contributed by atoms with van der Waals surface area (Å²) in [6.07, 6.45) is 3.53. The first-order chi connectivity index (χ1) is 9.65. The number of ether oxygens (including phenoxy) is 1. The summed E-state index contributed by atoms with van der Waals surface area (Å²) in [6, 6.07) is 7.76. The third-order valence-electron chi connectivity index (χ3n) is 2.98. The van der Waals surface area contributed by atoms with E-state index >= 15 is 0 Å². The Balaban J connectivity index is 2.46. The summed E-state index contributed by atoms with van der Waals surface area (Å²) >= 11 is 9.70. The number of hydrogen-bond acceptors (Lipinski definition) is 3. The number of rotatable bonds is 5. The summed E-state index contributed by atoms with van der Waals surface area (Å²) in [7, 11) is 1.64. The molecule has 1 aromatic heterocycles. The zero-order chi connectivity index (χ0) is 14.5. The Labute approximate surface area is 132 Å². The molecule has 1 heterocycles. The number of halogens is 2. The van der Waals surface area contributed by atoms with E-state index in [9.17, 15) is 0 Å². The van der Waals surface area contributed by atoms with Crippen molar-refractivity contribution in [2.75, 3.05) is 13.7 Å². The van der Waals surface area contributed by atoms with Gasteiger partial charge in [0.05, 0.1) is 19.3 Å². The molecule has 0 saturated carbocycles. The van der Waals surface area contributed by atoms with E-state index in [1.807, 2.05) is 30.5 Å². The van der Waals surface area contributed by atoms with Crippen LogP contribution < -0.4 is 10.1 Å². The van der Waals surface area contributed by atoms with E-state index in [-0.39, 0.29) is 6.04 Å². The summed E-state index contributed by atoms with van der Waals surface area (Å²) in [4.78, 5) is 4.22. The molecule has 2 rings (SSSR count). The lowest BCUT2D eigenvalue weighted by atomic mass is 10.00. The lowest BCUT2D eigenvalue weighted by Crippen LogP contribution is -2.22. The van der Waals surface area contributed by atoms with Crippen molar-refractivity contribution < 1.29 is 4.74 Å². The smallest absolute Gasteiger partial charge is 0.137 e. The average molecular weight is 356 g/mol. The monoisotopic (exact) mass is 354 g/mol. The predicted octanol–water partition coefficient (Wildman–Crippen LogP) is 4.21. The molecule has 1 N–H and O–H groups in total. The molecule has 1 atom stereocenters. The SMILES string of the molecule is CCNC(c1cncc(OC)c1)c1cc(Cl)ccc1Br. The molecule has 0 aliphatic carbocycles. The van der Waals surface area contributed by atoms with Crippen LogP contribution in [-0.4, -0.2) is 18.6 Å². The maximum atomic E-state index is 6.12. The molecule has 2 aromatic rings. The first-order valence-electron chi connectivity index (χ1n) is 6.33. The number of hydrogen-bond donors (Lipinski definition) is 1. The molecule has 0 saturated heterocycles. The highest BCUT2D eigenvalue weighted by Crippen LogP contribution is 2.31. The van der Waals surface area contributed by atoms with Crippen molar-refractivity contribution in [2.24, 2.45) is 0 Å². The van der Waals surface area contributed by atoms with Gasteiger partial charge in [0.25, 0.3) is 0 Å². The van der Waals surface area contributed by atoms with Gasteiger partial charge in [0, 0.05) is 15.7 Å². The first kappa shape index (κ1) is 15.3. The molecule has 0 bridgehead atoms. The molecule has 1 aromatic carbocycles. The van der Waals surface area contributed by atoms with E-state index in [0.29, 0.717) is 5.02 Å². The number of methoxy groups -OCH3 is 1. The Morgan fingerprint density at radius 1 is 1.35 bits per heavy atom. The molecule has 0 aliphatic heterocycles. The van der Waals surface area contributed by atoms with Gasteiger partial charge < -0.3 is 10.1 Å². The van der Waals surface area contributed by atoms with Crippen LogP contribution in [-0.2, 0) is 0 Å². The van der Waals surface area contributed by atoms with Crippen LogP contribution in [0.4, 0.5) is 0 Å². The Kier molecular flexibility index (Phi) is 5.40. The van der Waals surface area contributed by atoms with Crippen molar-refractivity contribution in [1.29, 1.82) is 0 Å². The summed E-state index contributed by atoms with van der Waals surface area (Å²) in [5, 5.41) is 4.16. The summed E-state index contributed by atoms with van der Waals surface area (Å²) < 4.78 is 6.25. The van der Waals surface area contributed by atoms with Crippen LogP contribution >= 0.6 is 27.5 Å². The molecular formula is C15H16BrClN2O. The third kappa shape index (κ3) is 3.51. The zero-order valence-corrected chi connectivity index (χ0v) is 13.7. The fourth-order valence-electron chi connectivity index (χ4n) is 2.05. The van der Waals surface area contributed by atoms with Gasteiger partial charge in [0.15, 0.2) is 0 Å². The quantitative estimate of drug-likeness (QED) is 0.872. The molecule has 0 radical (unpaired) electrons. The Hall–Kier alpha value is -1.10. The lowest BCUT2D eigenvalue weighted by Gasteiger charge is -2.20. The predicted molar refractivity (Wildman–Crippen MR) is 85.5 cm³/mol. The fourth-order valence-corrected chi connectivity index (χ4v) is 2.71. The zero-order valence-electron chi connectivity index (χ0n) is 11.4. The highest BCUT2D eigenvalue weighted by Gasteiger charge is 2.17. The highest BCUT2D eigenvalue weighted by molar-refractivity contribution is 9.10. The van der Waals surface area contributed by atoms with Crippen LogP contribution in [0.2, 0.25) is 5.02 Å². The van der Waals surface area contributed by atoms with E-state index in [0.717, 1.165) is 27.9 Å². The first-order valence-corrected chi connectivity index (χ1v) is 7.50. The van der Waals surface area contributed by atoms with E-state index < -0.39 is 0 Å². The Bertz CT molecular complexity index is 592. The number of pyridine rings is 1. The van der Waals surface area contributed by atoms with Crippen molar-refractivity contribution in [3.8, 4) is 5.75 Å². The van der Waals surface area contributed by atoms with Crippen LogP contribution in [0.1, 0.15) is 24.1 Å². The molecular weight excluding hydrogens is 340 g/mol. The molecule has 5 heteroatoms. The minimum absolute atomic E-state index is 0.00988. The van der Waals surface area contributed by atoms with E-state index in [1.165, 1.54) is 0 Å². The van der Waals surface area contributed by atoms with Crippen LogP contribution in [0.3, 0.4) is 0 Å². The van der Waals surface area contributed by atoms with Gasteiger partial charge in [-0.15, -0.1) is 0 Å². The fraction of sp³-hybridized carbons (Fsp3) is 0.267. The molecule has 1 unspecified atom stereocenters. The average Bonchev–Trinajstić information content (AvgIpc) is 2.47. The third-order valence-corrected chi connectivity index (χ3v) is 3.94. The van der Waals surface area contributed by atoms with Crippen molar-refractivity contribution in [3.63, 3.8) is 0 Å². The molecule has 0 amide bonds. The maximum absolute atomic E-state index is 6.12. The summed E-state index contributed by atoms with van der Waals surface area (Å²) in [5.74, 6) is 0.739. The minimum atomic E-state index is 0.00988. The number of nitrogens with zero attached hydrogens (tertiary/aromatic N) is 1. The van der Waals surface area contributed by atoms with Gasteiger partial charge in [-0.2, -0.15) is 0 Å². The normalized spacial score (nSPS) is 12.2. The largest absolute Gasteiger partial charge is 0.495 e. The maximum Gasteiger partial charge on any atom is 0.137 e. The molecule has 0 aliphatic rings. The van der Waals surface area contributed by atoms with Gasteiger partial charge in [0.1, 0.15) is 5.75 Å². The van der Waals surface area contributed by atoms with Gasteiger partial charge in [-0.3, -0.25) is 4.98 Å². The van der Waals surface area contributed by atoms with E-state index in [2.05, 4.69) is 33.2 Å². The second kappa shape index (κ2) is 7.07. The van der Waals surface area contributed by atoms with Gasteiger partial charge in [-0.1, -0.05) is 34.5 Å². The standard InChI is InChI=1S/C15H16BrClN2O/c1-3-19-15(10-6-12(20-2)9-18-8-10)13-7-11(17)4-5-14(13)16/h4-9,15,19H,3H2,1-2H3. The van der Waals surface area contributed by atoms with Crippen LogP contribution in [0.15, 0.2) is 41.1 Å². The van der Waals surface area contributed by atoms with Crippen molar-refractivity contribution in [2.45, 2.75) is 13.0 Å². The Morgan fingerprint density at radius 2 is 2.15 bits per heavy atom. The van der Waals surface area contributed by atoms with Crippen molar-refractivity contribution in [1.82, 2.24) is 10.3 Å². The van der Waals surface area contributed by atoms with Crippen LogP contribution in [0.25, 0.3) is 0 Å². The number of aromatic nitrogens is 1. The van der Waals surface area contributed by atoms with Crippen LogP contribution in [0.5, 0.6) is 5.75 Å². The van der Waals surface area contributed by atoms with Gasteiger partial charge in [0.2, 0.25) is 0 Å². The minimum Gasteiger partial charge on any atom is -0.495 e. The molecule has 20 heavy (non-hydrogen) atoms. The summed E-state index contributed by atoms with van der Waals surface area (Å²) in [6.45, 7) is 2.90. The molecule has 3 nitrogen and oxygen atoms in total. The van der Waals surface area contributed by atoms with Gasteiger partial charge in [-0.25, -0.2) is 0 Å². The van der Waals surface area contributed by atoms with E-state index in [4.69, 9.17) is 16.3 Å². The van der Waals surface area contributed by atoms with Gasteiger partial charge >= 0.3 is 0 Å². The van der Waals surface area contributed by atoms with Crippen molar-refractivity contribution in [3.05, 3.63) is 57.3 Å². The van der Waals surface area contributed by atoms with Crippen molar-refractivity contribution >= 4 is 27.5 Å². The topological polar surface area (TPSA) is 34.2 Å². The molecule has 0 fully saturated rings. The molecule has 0 spiro atoms. The lowest BCUT2D eigenvalue weighted by molar-refractivity contribution is 0.411. The number of nitrogens with one attached hydrogen (secondary N) is 1. The van der Waals surface area contributed by atoms with Crippen LogP contribution in [0, 0.1) is 0 Å². The summed E-state index contributed by atoms with van der Waals surface area (Å²) in [5.41, 5.74) is 2.11. The molecule has 106 valence electrons. The second-order valence-corrected chi connectivity index (χ2v) is 5.61. The van der Waals surface area contributed by atoms with E-state index in [1.54, 1.807) is 13.3 Å². The van der Waals surface area contributed by atoms with Gasteiger partial charge in [-0.05, 0) is 41.9 Å².